The van der Waals surface area contributed by atoms with E-state index in [1.165, 1.54) is 0 Å². The minimum atomic E-state index is 0.347. The van der Waals surface area contributed by atoms with Gasteiger partial charge in [-0.2, -0.15) is 0 Å². The van der Waals surface area contributed by atoms with Crippen molar-refractivity contribution in [1.82, 2.24) is 19.7 Å². The standard InChI is InChI=1S/C11H15N4P/c1-8(2)10-13-14-11(16-3)15(10)9-6-4-5-7-12-9/h4-8,16H,1-3H3. The number of pyridine rings is 1. The van der Waals surface area contributed by atoms with Gasteiger partial charge in [0.2, 0.25) is 0 Å². The molecule has 5 heteroatoms. The molecule has 2 aromatic heterocycles. The molecule has 16 heavy (non-hydrogen) atoms. The highest BCUT2D eigenvalue weighted by Gasteiger charge is 2.15. The molecule has 2 heterocycles. The molecule has 84 valence electrons. The summed E-state index contributed by atoms with van der Waals surface area (Å²) in [6, 6.07) is 5.88. The number of nitrogens with zero attached hydrogens (tertiary/aromatic N) is 4. The Labute approximate surface area is 96.9 Å². The van der Waals surface area contributed by atoms with Crippen molar-refractivity contribution in [3.05, 3.63) is 30.2 Å². The predicted molar refractivity (Wildman–Crippen MR) is 67.1 cm³/mol. The monoisotopic (exact) mass is 234 g/mol. The van der Waals surface area contributed by atoms with Crippen LogP contribution >= 0.6 is 8.58 Å². The lowest BCUT2D eigenvalue weighted by atomic mass is 10.2. The fraction of sp³-hybridized carbons (Fsp3) is 0.364. The lowest BCUT2D eigenvalue weighted by Gasteiger charge is -2.09. The summed E-state index contributed by atoms with van der Waals surface area (Å²) in [7, 11) is 0.617. The summed E-state index contributed by atoms with van der Waals surface area (Å²) >= 11 is 0. The molecule has 0 radical (unpaired) electrons. The molecule has 0 bridgehead atoms. The summed E-state index contributed by atoms with van der Waals surface area (Å²) in [5.41, 5.74) is 0.988. The molecule has 2 aromatic rings. The van der Waals surface area contributed by atoms with Crippen LogP contribution in [0.15, 0.2) is 24.4 Å². The van der Waals surface area contributed by atoms with E-state index in [1.807, 2.05) is 18.2 Å². The summed E-state index contributed by atoms with van der Waals surface area (Å²) < 4.78 is 2.06. The molecule has 0 fully saturated rings. The Hall–Kier alpha value is -1.28. The second-order valence-electron chi connectivity index (χ2n) is 3.81. The van der Waals surface area contributed by atoms with E-state index in [2.05, 4.69) is 40.3 Å². The Morgan fingerprint density at radius 3 is 2.62 bits per heavy atom. The van der Waals surface area contributed by atoms with Crippen LogP contribution in [-0.4, -0.2) is 26.4 Å². The zero-order valence-corrected chi connectivity index (χ0v) is 10.7. The first-order chi connectivity index (χ1) is 7.74. The Balaban J connectivity index is 2.57. The molecule has 0 spiro atoms. The van der Waals surface area contributed by atoms with Crippen molar-refractivity contribution in [2.45, 2.75) is 19.8 Å². The Morgan fingerprint density at radius 2 is 2.06 bits per heavy atom. The van der Waals surface area contributed by atoms with Crippen LogP contribution in [0, 0.1) is 0 Å². The average Bonchev–Trinajstić information content (AvgIpc) is 2.73. The first-order valence-electron chi connectivity index (χ1n) is 5.28. The van der Waals surface area contributed by atoms with Gasteiger partial charge in [-0.05, 0) is 18.8 Å². The van der Waals surface area contributed by atoms with E-state index in [4.69, 9.17) is 0 Å². The fourth-order valence-electron chi connectivity index (χ4n) is 1.54. The molecule has 0 saturated carbocycles. The van der Waals surface area contributed by atoms with Crippen molar-refractivity contribution in [2.24, 2.45) is 0 Å². The van der Waals surface area contributed by atoms with Gasteiger partial charge in [-0.3, -0.25) is 4.57 Å². The van der Waals surface area contributed by atoms with Crippen LogP contribution in [0.5, 0.6) is 0 Å². The summed E-state index contributed by atoms with van der Waals surface area (Å²) in [4.78, 5) is 4.36. The van der Waals surface area contributed by atoms with E-state index in [1.54, 1.807) is 6.20 Å². The molecule has 0 amide bonds. The number of hydrogen-bond acceptors (Lipinski definition) is 3. The van der Waals surface area contributed by atoms with Gasteiger partial charge in [0.25, 0.3) is 0 Å². The molecule has 1 atom stereocenters. The zero-order chi connectivity index (χ0) is 11.5. The molecule has 0 aliphatic carbocycles. The van der Waals surface area contributed by atoms with Crippen LogP contribution in [0.1, 0.15) is 25.6 Å². The molecule has 0 aromatic carbocycles. The van der Waals surface area contributed by atoms with Gasteiger partial charge in [-0.1, -0.05) is 28.5 Å². The highest BCUT2D eigenvalue weighted by molar-refractivity contribution is 7.45. The maximum Gasteiger partial charge on any atom is 0.157 e. The maximum absolute atomic E-state index is 4.36. The lowest BCUT2D eigenvalue weighted by Crippen LogP contribution is -2.15. The van der Waals surface area contributed by atoms with Crippen LogP contribution in [-0.2, 0) is 0 Å². The molecular formula is C11H15N4P. The van der Waals surface area contributed by atoms with Gasteiger partial charge in [-0.25, -0.2) is 4.98 Å². The molecule has 2 rings (SSSR count). The van der Waals surface area contributed by atoms with Crippen molar-refractivity contribution in [2.75, 3.05) is 6.66 Å². The molecule has 0 N–H and O–H groups in total. The predicted octanol–water partition coefficient (Wildman–Crippen LogP) is 1.72. The summed E-state index contributed by atoms with van der Waals surface area (Å²) in [5, 5.41) is 8.46. The Morgan fingerprint density at radius 1 is 1.25 bits per heavy atom. The molecule has 4 nitrogen and oxygen atoms in total. The van der Waals surface area contributed by atoms with E-state index in [0.717, 1.165) is 17.2 Å². The minimum Gasteiger partial charge on any atom is -0.263 e. The van der Waals surface area contributed by atoms with Crippen molar-refractivity contribution >= 4 is 14.1 Å². The van der Waals surface area contributed by atoms with E-state index in [0.29, 0.717) is 14.5 Å². The maximum atomic E-state index is 4.36. The first kappa shape index (κ1) is 11.2. The van der Waals surface area contributed by atoms with Crippen LogP contribution < -0.4 is 5.57 Å². The van der Waals surface area contributed by atoms with Crippen molar-refractivity contribution < 1.29 is 0 Å². The van der Waals surface area contributed by atoms with Gasteiger partial charge in [0.1, 0.15) is 11.6 Å². The molecule has 1 unspecified atom stereocenters. The topological polar surface area (TPSA) is 43.6 Å². The van der Waals surface area contributed by atoms with Gasteiger partial charge in [0, 0.05) is 12.1 Å². The van der Waals surface area contributed by atoms with Gasteiger partial charge < -0.3 is 0 Å². The smallest absolute Gasteiger partial charge is 0.157 e. The number of hydrogen-bond donors (Lipinski definition) is 0. The second kappa shape index (κ2) is 4.71. The Kier molecular flexibility index (Phi) is 3.30. The summed E-state index contributed by atoms with van der Waals surface area (Å²) in [6.07, 6.45) is 1.79. The Bertz CT molecular complexity index is 464. The van der Waals surface area contributed by atoms with E-state index >= 15 is 0 Å². The fourth-order valence-corrected chi connectivity index (χ4v) is 2.15. The lowest BCUT2D eigenvalue weighted by molar-refractivity contribution is 0.741. The van der Waals surface area contributed by atoms with Gasteiger partial charge in [0.15, 0.2) is 5.57 Å². The van der Waals surface area contributed by atoms with E-state index < -0.39 is 0 Å². The molecular weight excluding hydrogens is 219 g/mol. The highest BCUT2D eigenvalue weighted by atomic mass is 31.1. The molecule has 0 saturated heterocycles. The van der Waals surface area contributed by atoms with Gasteiger partial charge >= 0.3 is 0 Å². The third-order valence-corrected chi connectivity index (χ3v) is 3.08. The van der Waals surface area contributed by atoms with E-state index in [9.17, 15) is 0 Å². The highest BCUT2D eigenvalue weighted by Crippen LogP contribution is 2.16. The van der Waals surface area contributed by atoms with Gasteiger partial charge in [-0.15, -0.1) is 10.2 Å². The van der Waals surface area contributed by atoms with Crippen LogP contribution in [0.3, 0.4) is 0 Å². The SMILES string of the molecule is CPc1nnc(C(C)C)n1-c1ccccn1. The zero-order valence-electron chi connectivity index (χ0n) is 9.68. The van der Waals surface area contributed by atoms with Crippen LogP contribution in [0.25, 0.3) is 5.82 Å². The van der Waals surface area contributed by atoms with Crippen molar-refractivity contribution in [3.8, 4) is 5.82 Å². The third kappa shape index (κ3) is 1.98. The van der Waals surface area contributed by atoms with E-state index in [-0.39, 0.29) is 0 Å². The summed E-state index contributed by atoms with van der Waals surface area (Å²) in [6.45, 7) is 6.34. The first-order valence-corrected chi connectivity index (χ1v) is 6.78. The molecule has 0 aliphatic rings. The third-order valence-electron chi connectivity index (χ3n) is 2.31. The quantitative estimate of drug-likeness (QED) is 0.759. The van der Waals surface area contributed by atoms with Crippen molar-refractivity contribution in [1.29, 1.82) is 0 Å². The normalized spacial score (nSPS) is 11.8. The van der Waals surface area contributed by atoms with Crippen LogP contribution in [0.2, 0.25) is 0 Å². The largest absolute Gasteiger partial charge is 0.263 e. The second-order valence-corrected chi connectivity index (χ2v) is 4.76. The average molecular weight is 234 g/mol. The van der Waals surface area contributed by atoms with Crippen LogP contribution in [0.4, 0.5) is 0 Å². The number of aromatic nitrogens is 4. The number of rotatable bonds is 3. The van der Waals surface area contributed by atoms with Gasteiger partial charge in [0.05, 0.1) is 0 Å². The molecule has 0 aliphatic heterocycles. The summed E-state index contributed by atoms with van der Waals surface area (Å²) in [5.74, 6) is 2.23. The van der Waals surface area contributed by atoms with Crippen molar-refractivity contribution in [3.63, 3.8) is 0 Å². The minimum absolute atomic E-state index is 0.347.